The lowest BCUT2D eigenvalue weighted by Gasteiger charge is -2.10. The van der Waals surface area contributed by atoms with E-state index in [-0.39, 0.29) is 0 Å². The van der Waals surface area contributed by atoms with E-state index in [1.807, 2.05) is 0 Å². The molecule has 1 rings (SSSR count). The lowest BCUT2D eigenvalue weighted by Crippen LogP contribution is -2.07. The molecule has 1 fully saturated rings. The van der Waals surface area contributed by atoms with Crippen molar-refractivity contribution in [2.75, 3.05) is 0 Å². The molecule has 0 N–H and O–H groups in total. The van der Waals surface area contributed by atoms with Crippen LogP contribution in [0.2, 0.25) is 0 Å². The summed E-state index contributed by atoms with van der Waals surface area (Å²) < 4.78 is 5.86. The minimum atomic E-state index is 0.525. The molecule has 20 heavy (non-hydrogen) atoms. The van der Waals surface area contributed by atoms with Crippen molar-refractivity contribution in [2.45, 2.75) is 122 Å². The summed E-state index contributed by atoms with van der Waals surface area (Å²) in [6, 6.07) is 0. The molecule has 1 nitrogen and oxygen atoms in total. The largest absolute Gasteiger partial charge is 0.375 e. The average molecular weight is 283 g/mol. The number of hydrogen-bond acceptors (Lipinski definition) is 1. The van der Waals surface area contributed by atoms with Crippen molar-refractivity contribution >= 4 is 0 Å². The van der Waals surface area contributed by atoms with Crippen molar-refractivity contribution in [3.8, 4) is 0 Å². The standard InChI is InChI=1S/C19H38O/c1-3-4-5-6-7-8-9-10-11-12-13-14-15-19-17-16-18(2)20-19/h18-19H,3-17H2,1-2H3. The summed E-state index contributed by atoms with van der Waals surface area (Å²) in [6.07, 6.45) is 22.3. The second-order valence-corrected chi connectivity index (χ2v) is 6.82. The molecule has 0 radical (unpaired) electrons. The van der Waals surface area contributed by atoms with Crippen molar-refractivity contribution in [1.82, 2.24) is 0 Å². The normalized spacial score (nSPS) is 22.5. The molecule has 1 aliphatic heterocycles. The van der Waals surface area contributed by atoms with E-state index in [1.54, 1.807) is 0 Å². The molecule has 0 spiro atoms. The zero-order chi connectivity index (χ0) is 14.5. The number of rotatable bonds is 13. The van der Waals surface area contributed by atoms with Crippen molar-refractivity contribution in [1.29, 1.82) is 0 Å². The van der Waals surface area contributed by atoms with Crippen LogP contribution in [0.5, 0.6) is 0 Å². The first kappa shape index (κ1) is 18.0. The van der Waals surface area contributed by atoms with Crippen LogP contribution in [-0.4, -0.2) is 12.2 Å². The van der Waals surface area contributed by atoms with Crippen LogP contribution in [0.25, 0.3) is 0 Å². The van der Waals surface area contributed by atoms with E-state index in [9.17, 15) is 0 Å². The van der Waals surface area contributed by atoms with Gasteiger partial charge in [0.25, 0.3) is 0 Å². The van der Waals surface area contributed by atoms with E-state index < -0.39 is 0 Å². The molecule has 0 saturated carbocycles. The molecule has 0 aromatic heterocycles. The Morgan fingerprint density at radius 3 is 1.65 bits per heavy atom. The highest BCUT2D eigenvalue weighted by Crippen LogP contribution is 2.23. The summed E-state index contributed by atoms with van der Waals surface area (Å²) in [5, 5.41) is 0. The van der Waals surface area contributed by atoms with Crippen LogP contribution < -0.4 is 0 Å². The van der Waals surface area contributed by atoms with Crippen molar-refractivity contribution in [3.05, 3.63) is 0 Å². The SMILES string of the molecule is CCCCCCCCCCCCCCC1CCC(C)O1. The third kappa shape index (κ3) is 9.80. The third-order valence-corrected chi connectivity index (χ3v) is 4.70. The minimum absolute atomic E-state index is 0.525. The molecule has 0 amide bonds. The first-order chi connectivity index (χ1) is 9.83. The van der Waals surface area contributed by atoms with Crippen molar-refractivity contribution in [2.24, 2.45) is 0 Å². The molecule has 1 heterocycles. The van der Waals surface area contributed by atoms with Gasteiger partial charge in [-0.15, -0.1) is 0 Å². The van der Waals surface area contributed by atoms with Crippen LogP contribution in [0.3, 0.4) is 0 Å². The van der Waals surface area contributed by atoms with Crippen LogP contribution in [0.1, 0.15) is 110 Å². The highest BCUT2D eigenvalue weighted by molar-refractivity contribution is 4.70. The highest BCUT2D eigenvalue weighted by atomic mass is 16.5. The van der Waals surface area contributed by atoms with E-state index in [2.05, 4.69) is 13.8 Å². The maximum absolute atomic E-state index is 5.86. The maximum Gasteiger partial charge on any atom is 0.0579 e. The van der Waals surface area contributed by atoms with Gasteiger partial charge in [0.2, 0.25) is 0 Å². The summed E-state index contributed by atoms with van der Waals surface area (Å²) in [7, 11) is 0. The molecule has 1 heteroatoms. The van der Waals surface area contributed by atoms with Crippen LogP contribution in [0.4, 0.5) is 0 Å². The zero-order valence-corrected chi connectivity index (χ0v) is 14.2. The Labute approximate surface area is 127 Å². The van der Waals surface area contributed by atoms with Gasteiger partial charge in [-0.25, -0.2) is 0 Å². The molecule has 2 atom stereocenters. The molecule has 1 saturated heterocycles. The molecule has 0 bridgehead atoms. The van der Waals surface area contributed by atoms with Gasteiger partial charge >= 0.3 is 0 Å². The second kappa shape index (κ2) is 12.7. The lowest BCUT2D eigenvalue weighted by atomic mass is 10.0. The van der Waals surface area contributed by atoms with E-state index in [0.29, 0.717) is 12.2 Å². The molecule has 0 aromatic carbocycles. The van der Waals surface area contributed by atoms with Crippen molar-refractivity contribution in [3.63, 3.8) is 0 Å². The average Bonchev–Trinajstić information content (AvgIpc) is 2.86. The zero-order valence-electron chi connectivity index (χ0n) is 14.2. The Bertz CT molecular complexity index is 202. The smallest absolute Gasteiger partial charge is 0.0579 e. The molecule has 0 aliphatic carbocycles. The van der Waals surface area contributed by atoms with Gasteiger partial charge in [-0.1, -0.05) is 84.0 Å². The van der Waals surface area contributed by atoms with Crippen LogP contribution >= 0.6 is 0 Å². The fraction of sp³-hybridized carbons (Fsp3) is 1.00. The quantitative estimate of drug-likeness (QED) is 0.344. The van der Waals surface area contributed by atoms with Crippen LogP contribution in [0, 0.1) is 0 Å². The Morgan fingerprint density at radius 2 is 1.20 bits per heavy atom. The lowest BCUT2D eigenvalue weighted by molar-refractivity contribution is 0.0494. The summed E-state index contributed by atoms with van der Waals surface area (Å²) in [5.74, 6) is 0. The first-order valence-electron chi connectivity index (χ1n) is 9.48. The fourth-order valence-corrected chi connectivity index (χ4v) is 3.31. The van der Waals surface area contributed by atoms with Gasteiger partial charge in [0.1, 0.15) is 0 Å². The third-order valence-electron chi connectivity index (χ3n) is 4.70. The van der Waals surface area contributed by atoms with Gasteiger partial charge in [0.15, 0.2) is 0 Å². The predicted molar refractivity (Wildman–Crippen MR) is 89.3 cm³/mol. The first-order valence-corrected chi connectivity index (χ1v) is 9.48. The number of hydrogen-bond donors (Lipinski definition) is 0. The van der Waals surface area contributed by atoms with Gasteiger partial charge in [0, 0.05) is 0 Å². The topological polar surface area (TPSA) is 9.23 Å². The van der Waals surface area contributed by atoms with E-state index in [1.165, 1.54) is 96.3 Å². The summed E-state index contributed by atoms with van der Waals surface area (Å²) >= 11 is 0. The summed E-state index contributed by atoms with van der Waals surface area (Å²) in [4.78, 5) is 0. The summed E-state index contributed by atoms with van der Waals surface area (Å²) in [5.41, 5.74) is 0. The Morgan fingerprint density at radius 1 is 0.700 bits per heavy atom. The Balaban J connectivity index is 1.70. The van der Waals surface area contributed by atoms with Gasteiger partial charge in [-0.2, -0.15) is 0 Å². The van der Waals surface area contributed by atoms with E-state index in [0.717, 1.165) is 0 Å². The molecule has 0 aromatic rings. The van der Waals surface area contributed by atoms with Gasteiger partial charge in [-0.05, 0) is 26.2 Å². The van der Waals surface area contributed by atoms with Crippen LogP contribution in [-0.2, 0) is 4.74 Å². The molecular weight excluding hydrogens is 244 g/mol. The van der Waals surface area contributed by atoms with Crippen LogP contribution in [0.15, 0.2) is 0 Å². The monoisotopic (exact) mass is 282 g/mol. The van der Waals surface area contributed by atoms with E-state index >= 15 is 0 Å². The second-order valence-electron chi connectivity index (χ2n) is 6.82. The molecular formula is C19H38O. The van der Waals surface area contributed by atoms with Crippen molar-refractivity contribution < 1.29 is 4.74 Å². The Hall–Kier alpha value is -0.0400. The fourth-order valence-electron chi connectivity index (χ4n) is 3.31. The highest BCUT2D eigenvalue weighted by Gasteiger charge is 2.20. The minimum Gasteiger partial charge on any atom is -0.375 e. The van der Waals surface area contributed by atoms with Gasteiger partial charge < -0.3 is 4.74 Å². The maximum atomic E-state index is 5.86. The molecule has 120 valence electrons. The number of unbranched alkanes of at least 4 members (excludes halogenated alkanes) is 11. The van der Waals surface area contributed by atoms with Gasteiger partial charge in [-0.3, -0.25) is 0 Å². The molecule has 2 unspecified atom stereocenters. The molecule has 1 aliphatic rings. The van der Waals surface area contributed by atoms with Gasteiger partial charge in [0.05, 0.1) is 12.2 Å². The predicted octanol–water partition coefficient (Wildman–Crippen LogP) is 6.65. The van der Waals surface area contributed by atoms with E-state index in [4.69, 9.17) is 4.74 Å². The summed E-state index contributed by atoms with van der Waals surface area (Å²) in [6.45, 7) is 4.50. The Kier molecular flexibility index (Phi) is 11.4. The number of ether oxygens (including phenoxy) is 1.